The molecule has 0 unspecified atom stereocenters. The number of carbonyl (C=O) groups is 3. The molecule has 5 heteroatoms. The molecule has 0 atom stereocenters. The van der Waals surface area contributed by atoms with Gasteiger partial charge in [-0.3, -0.25) is 9.59 Å². The highest BCUT2D eigenvalue weighted by molar-refractivity contribution is 5.99. The van der Waals surface area contributed by atoms with E-state index >= 15 is 0 Å². The van der Waals surface area contributed by atoms with Crippen molar-refractivity contribution < 1.29 is 19.5 Å². The first-order valence-electron chi connectivity index (χ1n) is 7.51. The topological polar surface area (TPSA) is 74.7 Å². The fourth-order valence-corrected chi connectivity index (χ4v) is 3.06. The SMILES string of the molecule is CC(=O)c1ccc(C(=O)N(C)C2(C(=O)O)CCCCC2)cc1. The zero-order valence-electron chi connectivity index (χ0n) is 13.0. The summed E-state index contributed by atoms with van der Waals surface area (Å²) >= 11 is 0. The van der Waals surface area contributed by atoms with Gasteiger partial charge in [-0.1, -0.05) is 31.4 Å². The maximum atomic E-state index is 12.6. The molecule has 22 heavy (non-hydrogen) atoms. The van der Waals surface area contributed by atoms with Gasteiger partial charge in [-0.15, -0.1) is 0 Å². The van der Waals surface area contributed by atoms with E-state index in [1.165, 1.54) is 11.8 Å². The van der Waals surface area contributed by atoms with Crippen LogP contribution in [0.4, 0.5) is 0 Å². The molecule has 2 rings (SSSR count). The van der Waals surface area contributed by atoms with Gasteiger partial charge in [0.1, 0.15) is 5.54 Å². The Bertz CT molecular complexity index is 585. The molecule has 0 aliphatic heterocycles. The lowest BCUT2D eigenvalue weighted by molar-refractivity contribution is -0.151. The summed E-state index contributed by atoms with van der Waals surface area (Å²) in [6.45, 7) is 1.46. The number of amides is 1. The van der Waals surface area contributed by atoms with Gasteiger partial charge in [0.05, 0.1) is 0 Å². The van der Waals surface area contributed by atoms with Crippen molar-refractivity contribution in [1.82, 2.24) is 4.90 Å². The Hall–Kier alpha value is -2.17. The van der Waals surface area contributed by atoms with Crippen molar-refractivity contribution in [1.29, 1.82) is 0 Å². The number of Topliss-reactive ketones (excluding diaryl/α,β-unsaturated/α-hetero) is 1. The molecule has 118 valence electrons. The van der Waals surface area contributed by atoms with E-state index < -0.39 is 11.5 Å². The molecule has 1 aromatic carbocycles. The maximum Gasteiger partial charge on any atom is 0.329 e. The monoisotopic (exact) mass is 303 g/mol. The predicted molar refractivity (Wildman–Crippen MR) is 82.0 cm³/mol. The fourth-order valence-electron chi connectivity index (χ4n) is 3.06. The summed E-state index contributed by atoms with van der Waals surface area (Å²) in [5.41, 5.74) is -0.183. The third kappa shape index (κ3) is 2.89. The number of carbonyl (C=O) groups excluding carboxylic acids is 2. The third-order valence-corrected chi connectivity index (χ3v) is 4.56. The lowest BCUT2D eigenvalue weighted by Gasteiger charge is -2.41. The van der Waals surface area contributed by atoms with E-state index in [2.05, 4.69) is 0 Å². The number of ketones is 1. The van der Waals surface area contributed by atoms with Gasteiger partial charge >= 0.3 is 5.97 Å². The Kier molecular flexibility index (Phi) is 4.64. The van der Waals surface area contributed by atoms with Crippen molar-refractivity contribution in [3.63, 3.8) is 0 Å². The van der Waals surface area contributed by atoms with E-state index in [0.717, 1.165) is 19.3 Å². The number of aliphatic carboxylic acids is 1. The van der Waals surface area contributed by atoms with Gasteiger partial charge in [0.15, 0.2) is 5.78 Å². The standard InChI is InChI=1S/C17H21NO4/c1-12(19)13-6-8-14(9-7-13)15(20)18(2)17(16(21)22)10-4-3-5-11-17/h6-9H,3-5,10-11H2,1-2H3,(H,21,22). The largest absolute Gasteiger partial charge is 0.479 e. The summed E-state index contributed by atoms with van der Waals surface area (Å²) in [7, 11) is 1.56. The summed E-state index contributed by atoms with van der Waals surface area (Å²) in [5.74, 6) is -1.33. The first kappa shape index (κ1) is 16.2. The summed E-state index contributed by atoms with van der Waals surface area (Å²) < 4.78 is 0. The van der Waals surface area contributed by atoms with Gasteiger partial charge in [0.2, 0.25) is 0 Å². The van der Waals surface area contributed by atoms with Crippen molar-refractivity contribution in [3.05, 3.63) is 35.4 Å². The van der Waals surface area contributed by atoms with Gasteiger partial charge in [-0.2, -0.15) is 0 Å². The highest BCUT2D eigenvalue weighted by Gasteiger charge is 2.45. The van der Waals surface area contributed by atoms with Crippen LogP contribution in [0.5, 0.6) is 0 Å². The first-order chi connectivity index (χ1) is 10.4. The normalized spacial score (nSPS) is 16.8. The molecular formula is C17H21NO4. The van der Waals surface area contributed by atoms with Crippen LogP contribution in [0.15, 0.2) is 24.3 Å². The number of likely N-dealkylation sites (N-methyl/N-ethyl adjacent to an activating group) is 1. The summed E-state index contributed by atoms with van der Waals surface area (Å²) in [4.78, 5) is 37.0. The number of hydrogen-bond donors (Lipinski definition) is 1. The molecule has 1 saturated carbocycles. The molecule has 1 amide bonds. The zero-order chi connectivity index (χ0) is 16.3. The molecule has 0 aromatic heterocycles. The van der Waals surface area contributed by atoms with E-state index in [1.807, 2.05) is 0 Å². The van der Waals surface area contributed by atoms with Crippen LogP contribution in [0.2, 0.25) is 0 Å². The van der Waals surface area contributed by atoms with Crippen LogP contribution in [0.1, 0.15) is 59.7 Å². The Morgan fingerprint density at radius 3 is 1.95 bits per heavy atom. The smallest absolute Gasteiger partial charge is 0.329 e. The number of benzene rings is 1. The average Bonchev–Trinajstić information content (AvgIpc) is 2.54. The second-order valence-corrected chi connectivity index (χ2v) is 5.90. The van der Waals surface area contributed by atoms with Crippen molar-refractivity contribution >= 4 is 17.7 Å². The van der Waals surface area contributed by atoms with Crippen LogP contribution >= 0.6 is 0 Å². The number of nitrogens with zero attached hydrogens (tertiary/aromatic N) is 1. The first-order valence-corrected chi connectivity index (χ1v) is 7.51. The highest BCUT2D eigenvalue weighted by Crippen LogP contribution is 2.34. The minimum Gasteiger partial charge on any atom is -0.479 e. The molecule has 1 aliphatic rings. The number of carboxylic acids is 1. The Morgan fingerprint density at radius 1 is 1.00 bits per heavy atom. The fraction of sp³-hybridized carbons (Fsp3) is 0.471. The lowest BCUT2D eigenvalue weighted by Crippen LogP contribution is -2.56. The number of hydrogen-bond acceptors (Lipinski definition) is 3. The Labute approximate surface area is 129 Å². The number of carboxylic acid groups (broad SMARTS) is 1. The van der Waals surface area contributed by atoms with Crippen LogP contribution in [0.25, 0.3) is 0 Å². The van der Waals surface area contributed by atoms with Gasteiger partial charge in [-0.05, 0) is 31.9 Å². The summed E-state index contributed by atoms with van der Waals surface area (Å²) in [6, 6.07) is 6.34. The molecule has 0 bridgehead atoms. The van der Waals surface area contributed by atoms with E-state index in [1.54, 1.807) is 31.3 Å². The van der Waals surface area contributed by atoms with Gasteiger partial charge in [-0.25, -0.2) is 4.79 Å². The molecular weight excluding hydrogens is 282 g/mol. The van der Waals surface area contributed by atoms with E-state index in [0.29, 0.717) is 24.0 Å². The minimum absolute atomic E-state index is 0.0679. The third-order valence-electron chi connectivity index (χ3n) is 4.56. The van der Waals surface area contributed by atoms with Crippen LogP contribution in [-0.4, -0.2) is 40.3 Å². The van der Waals surface area contributed by atoms with E-state index in [4.69, 9.17) is 0 Å². The van der Waals surface area contributed by atoms with Gasteiger partial charge in [0.25, 0.3) is 5.91 Å². The summed E-state index contributed by atoms with van der Waals surface area (Å²) in [6.07, 6.45) is 3.59. The Balaban J connectivity index is 2.26. The highest BCUT2D eigenvalue weighted by atomic mass is 16.4. The van der Waals surface area contributed by atoms with Crippen LogP contribution in [0.3, 0.4) is 0 Å². The van der Waals surface area contributed by atoms with Gasteiger partial charge in [0, 0.05) is 18.2 Å². The maximum absolute atomic E-state index is 12.6. The van der Waals surface area contributed by atoms with Crippen molar-refractivity contribution in [2.24, 2.45) is 0 Å². The van der Waals surface area contributed by atoms with Crippen molar-refractivity contribution in [2.45, 2.75) is 44.6 Å². The average molecular weight is 303 g/mol. The summed E-state index contributed by atoms with van der Waals surface area (Å²) in [5, 5.41) is 9.63. The second-order valence-electron chi connectivity index (χ2n) is 5.90. The molecule has 0 spiro atoms. The van der Waals surface area contributed by atoms with E-state index in [-0.39, 0.29) is 11.7 Å². The van der Waals surface area contributed by atoms with Crippen LogP contribution in [0, 0.1) is 0 Å². The van der Waals surface area contributed by atoms with Crippen LogP contribution < -0.4 is 0 Å². The van der Waals surface area contributed by atoms with Crippen LogP contribution in [-0.2, 0) is 4.79 Å². The molecule has 5 nitrogen and oxygen atoms in total. The van der Waals surface area contributed by atoms with Crippen molar-refractivity contribution in [2.75, 3.05) is 7.05 Å². The molecule has 0 radical (unpaired) electrons. The minimum atomic E-state index is -1.12. The van der Waals surface area contributed by atoms with E-state index in [9.17, 15) is 19.5 Å². The molecule has 1 fully saturated rings. The molecule has 0 saturated heterocycles. The second kappa shape index (κ2) is 6.30. The molecule has 1 aromatic rings. The lowest BCUT2D eigenvalue weighted by atomic mass is 9.80. The quantitative estimate of drug-likeness (QED) is 0.868. The van der Waals surface area contributed by atoms with Crippen molar-refractivity contribution in [3.8, 4) is 0 Å². The molecule has 1 aliphatic carbocycles. The predicted octanol–water partition coefficient (Wildman–Crippen LogP) is 2.75. The molecule has 0 heterocycles. The Morgan fingerprint density at radius 2 is 1.50 bits per heavy atom. The number of rotatable bonds is 4. The van der Waals surface area contributed by atoms with Gasteiger partial charge < -0.3 is 10.0 Å². The zero-order valence-corrected chi connectivity index (χ0v) is 13.0. The molecule has 1 N–H and O–H groups in total.